The van der Waals surface area contributed by atoms with Crippen LogP contribution in [0.15, 0.2) is 27.1 Å². The monoisotopic (exact) mass is 369 g/mol. The smallest absolute Gasteiger partial charge is 0.326 e. The molecule has 0 bridgehead atoms. The van der Waals surface area contributed by atoms with E-state index < -0.39 is 17.9 Å². The summed E-state index contributed by atoms with van der Waals surface area (Å²) in [6, 6.07) is 4.29. The molecule has 7 heteroatoms. The summed E-state index contributed by atoms with van der Waals surface area (Å²) in [5.74, 6) is -1.59. The number of carbonyl (C=O) groups is 2. The number of amides is 1. The van der Waals surface area contributed by atoms with Gasteiger partial charge in [0.15, 0.2) is 5.76 Å². The van der Waals surface area contributed by atoms with Crippen molar-refractivity contribution < 1.29 is 23.8 Å². The highest BCUT2D eigenvalue weighted by Gasteiger charge is 2.22. The number of fused-ring (bicyclic) bond motifs is 1. The Morgan fingerprint density at radius 2 is 2.14 bits per heavy atom. The van der Waals surface area contributed by atoms with Gasteiger partial charge in [0, 0.05) is 30.0 Å². The van der Waals surface area contributed by atoms with E-state index >= 15 is 0 Å². The van der Waals surface area contributed by atoms with Crippen LogP contribution < -0.4 is 5.32 Å². The Morgan fingerprint density at radius 3 is 2.77 bits per heavy atom. The summed E-state index contributed by atoms with van der Waals surface area (Å²) in [5, 5.41) is 12.3. The predicted octanol–water partition coefficient (Wildman–Crippen LogP) is 2.72. The lowest BCUT2D eigenvalue weighted by atomic mass is 10.2. The molecule has 1 amide bonds. The number of aryl methyl sites for hydroxylation is 1. The summed E-state index contributed by atoms with van der Waals surface area (Å²) in [5.41, 5.74) is 1.50. The quantitative estimate of drug-likeness (QED) is 0.816. The zero-order chi connectivity index (χ0) is 16.3. The van der Waals surface area contributed by atoms with Crippen LogP contribution in [0.3, 0.4) is 0 Å². The number of furan rings is 1. The topological polar surface area (TPSA) is 88.8 Å². The number of aliphatic carboxylic acids is 1. The zero-order valence-electron chi connectivity index (χ0n) is 12.2. The highest BCUT2D eigenvalue weighted by molar-refractivity contribution is 9.10. The van der Waals surface area contributed by atoms with E-state index in [1.165, 1.54) is 7.11 Å². The first kappa shape index (κ1) is 16.5. The molecule has 0 saturated carbocycles. The van der Waals surface area contributed by atoms with Crippen LogP contribution >= 0.6 is 15.9 Å². The molecule has 0 aliphatic carbocycles. The molecule has 1 aromatic carbocycles. The van der Waals surface area contributed by atoms with Crippen molar-refractivity contribution in [2.75, 3.05) is 13.7 Å². The summed E-state index contributed by atoms with van der Waals surface area (Å²) in [6.45, 7) is 2.11. The molecule has 0 aliphatic heterocycles. The normalized spacial score (nSPS) is 12.3. The van der Waals surface area contributed by atoms with Crippen LogP contribution in [-0.2, 0) is 9.53 Å². The van der Waals surface area contributed by atoms with E-state index in [-0.39, 0.29) is 18.8 Å². The first-order chi connectivity index (χ1) is 10.4. The standard InChI is InChI=1S/C15H16BrNO5/c1-8-5-10(16)6-9-7-12(22-13(8)9)14(18)17-11(15(19)20)3-4-21-2/h5-7,11H,3-4H2,1-2H3,(H,17,18)(H,19,20). The third-order valence-corrected chi connectivity index (χ3v) is 3.66. The van der Waals surface area contributed by atoms with E-state index in [0.717, 1.165) is 15.4 Å². The van der Waals surface area contributed by atoms with Crippen molar-refractivity contribution in [3.05, 3.63) is 34.0 Å². The van der Waals surface area contributed by atoms with Crippen LogP contribution in [0.4, 0.5) is 0 Å². The Bertz CT molecular complexity index is 709. The molecule has 1 heterocycles. The van der Waals surface area contributed by atoms with Crippen LogP contribution in [0.2, 0.25) is 0 Å². The zero-order valence-corrected chi connectivity index (χ0v) is 13.8. The molecule has 118 valence electrons. The van der Waals surface area contributed by atoms with Gasteiger partial charge in [0.2, 0.25) is 0 Å². The molecule has 0 radical (unpaired) electrons. The molecular formula is C15H16BrNO5. The number of methoxy groups -OCH3 is 1. The first-order valence-electron chi connectivity index (χ1n) is 6.64. The highest BCUT2D eigenvalue weighted by Crippen LogP contribution is 2.27. The van der Waals surface area contributed by atoms with E-state index in [4.69, 9.17) is 14.3 Å². The van der Waals surface area contributed by atoms with Crippen LogP contribution in [0.25, 0.3) is 11.0 Å². The minimum absolute atomic E-state index is 0.0832. The average molecular weight is 370 g/mol. The second-order valence-electron chi connectivity index (χ2n) is 4.90. The number of rotatable bonds is 6. The van der Waals surface area contributed by atoms with Gasteiger partial charge in [-0.1, -0.05) is 15.9 Å². The maximum Gasteiger partial charge on any atom is 0.326 e. The molecule has 0 spiro atoms. The Morgan fingerprint density at radius 1 is 1.41 bits per heavy atom. The number of hydrogen-bond acceptors (Lipinski definition) is 4. The van der Waals surface area contributed by atoms with Crippen LogP contribution in [0.5, 0.6) is 0 Å². The number of benzene rings is 1. The average Bonchev–Trinajstić information content (AvgIpc) is 2.87. The van der Waals surface area contributed by atoms with E-state index in [2.05, 4.69) is 21.2 Å². The van der Waals surface area contributed by atoms with Crippen molar-refractivity contribution in [3.63, 3.8) is 0 Å². The van der Waals surface area contributed by atoms with Crippen molar-refractivity contribution in [1.82, 2.24) is 5.32 Å². The first-order valence-corrected chi connectivity index (χ1v) is 7.44. The summed E-state index contributed by atoms with van der Waals surface area (Å²) in [7, 11) is 1.47. The molecule has 2 aromatic rings. The van der Waals surface area contributed by atoms with Gasteiger partial charge in [-0.25, -0.2) is 4.79 Å². The van der Waals surface area contributed by atoms with Gasteiger partial charge < -0.3 is 19.6 Å². The summed E-state index contributed by atoms with van der Waals surface area (Å²) in [4.78, 5) is 23.3. The Kier molecular flexibility index (Phi) is 5.20. The van der Waals surface area contributed by atoms with E-state index in [0.29, 0.717) is 5.58 Å². The third-order valence-electron chi connectivity index (χ3n) is 3.20. The largest absolute Gasteiger partial charge is 0.480 e. The van der Waals surface area contributed by atoms with E-state index in [9.17, 15) is 9.59 Å². The second-order valence-corrected chi connectivity index (χ2v) is 5.81. The molecule has 0 fully saturated rings. The molecule has 2 N–H and O–H groups in total. The SMILES string of the molecule is COCCC(NC(=O)c1cc2cc(Br)cc(C)c2o1)C(=O)O. The molecule has 22 heavy (non-hydrogen) atoms. The number of carboxylic acid groups (broad SMARTS) is 1. The molecule has 1 aromatic heterocycles. The molecule has 0 aliphatic rings. The predicted molar refractivity (Wildman–Crippen MR) is 84.0 cm³/mol. The molecule has 1 atom stereocenters. The number of halogens is 1. The lowest BCUT2D eigenvalue weighted by Crippen LogP contribution is -2.41. The maximum atomic E-state index is 12.2. The number of nitrogens with one attached hydrogen (secondary N) is 1. The van der Waals surface area contributed by atoms with Crippen LogP contribution in [-0.4, -0.2) is 36.7 Å². The summed E-state index contributed by atoms with van der Waals surface area (Å²) >= 11 is 3.38. The minimum atomic E-state index is -1.11. The summed E-state index contributed by atoms with van der Waals surface area (Å²) < 4.78 is 11.3. The van der Waals surface area contributed by atoms with Crippen molar-refractivity contribution in [2.45, 2.75) is 19.4 Å². The van der Waals surface area contributed by atoms with Gasteiger partial charge >= 0.3 is 5.97 Å². The molecule has 6 nitrogen and oxygen atoms in total. The highest BCUT2D eigenvalue weighted by atomic mass is 79.9. The maximum absolute atomic E-state index is 12.2. The number of carbonyl (C=O) groups excluding carboxylic acids is 1. The fourth-order valence-electron chi connectivity index (χ4n) is 2.12. The van der Waals surface area contributed by atoms with Gasteiger partial charge in [-0.3, -0.25) is 4.79 Å². The Hall–Kier alpha value is -1.86. The number of carboxylic acids is 1. The van der Waals surface area contributed by atoms with Crippen molar-refractivity contribution in [1.29, 1.82) is 0 Å². The van der Waals surface area contributed by atoms with Gasteiger partial charge in [0.25, 0.3) is 5.91 Å². The van der Waals surface area contributed by atoms with Crippen molar-refractivity contribution in [3.8, 4) is 0 Å². The van der Waals surface area contributed by atoms with Crippen molar-refractivity contribution >= 4 is 38.8 Å². The van der Waals surface area contributed by atoms with Gasteiger partial charge in [-0.15, -0.1) is 0 Å². The Labute approximate surface area is 135 Å². The fraction of sp³-hybridized carbons (Fsp3) is 0.333. The second kappa shape index (κ2) is 6.93. The van der Waals surface area contributed by atoms with Gasteiger partial charge in [0.05, 0.1) is 0 Å². The number of ether oxygens (including phenoxy) is 1. The van der Waals surface area contributed by atoms with Crippen molar-refractivity contribution in [2.24, 2.45) is 0 Å². The van der Waals surface area contributed by atoms with Gasteiger partial charge in [-0.2, -0.15) is 0 Å². The number of hydrogen-bond donors (Lipinski definition) is 2. The summed E-state index contributed by atoms with van der Waals surface area (Å²) in [6.07, 6.45) is 0.183. The minimum Gasteiger partial charge on any atom is -0.480 e. The van der Waals surface area contributed by atoms with Crippen LogP contribution in [0.1, 0.15) is 22.5 Å². The molecule has 1 unspecified atom stereocenters. The molecular weight excluding hydrogens is 354 g/mol. The van der Waals surface area contributed by atoms with E-state index in [1.54, 1.807) is 6.07 Å². The third kappa shape index (κ3) is 3.66. The van der Waals surface area contributed by atoms with Crippen LogP contribution in [0, 0.1) is 6.92 Å². The fourth-order valence-corrected chi connectivity index (χ4v) is 2.71. The molecule has 0 saturated heterocycles. The van der Waals surface area contributed by atoms with E-state index in [1.807, 2.05) is 19.1 Å². The Balaban J connectivity index is 2.21. The lowest BCUT2D eigenvalue weighted by Gasteiger charge is -2.12. The molecule has 2 rings (SSSR count). The van der Waals surface area contributed by atoms with Gasteiger partial charge in [0.1, 0.15) is 11.6 Å². The van der Waals surface area contributed by atoms with Gasteiger partial charge in [-0.05, 0) is 30.7 Å². The lowest BCUT2D eigenvalue weighted by molar-refractivity contribution is -0.139.